The number of hydrogen-bond acceptors (Lipinski definition) is 3. The quantitative estimate of drug-likeness (QED) is 0.919. The van der Waals surface area contributed by atoms with Crippen molar-refractivity contribution in [2.75, 3.05) is 33.8 Å². The zero-order valence-electron chi connectivity index (χ0n) is 11.0. The van der Waals surface area contributed by atoms with E-state index in [2.05, 4.69) is 51.4 Å². The number of halogens is 1. The molecule has 4 heteroatoms. The molecule has 1 heterocycles. The molecule has 0 saturated carbocycles. The van der Waals surface area contributed by atoms with Crippen LogP contribution in [0.1, 0.15) is 5.56 Å². The summed E-state index contributed by atoms with van der Waals surface area (Å²) >= 11 is 3.61. The molecule has 0 bridgehead atoms. The number of ether oxygens (including phenoxy) is 1. The van der Waals surface area contributed by atoms with Crippen LogP contribution in [-0.2, 0) is 11.2 Å². The Labute approximate surface area is 118 Å². The van der Waals surface area contributed by atoms with Crippen molar-refractivity contribution in [3.63, 3.8) is 0 Å². The van der Waals surface area contributed by atoms with Gasteiger partial charge in [-0.15, -0.1) is 0 Å². The molecule has 1 aromatic rings. The van der Waals surface area contributed by atoms with Gasteiger partial charge in [0.25, 0.3) is 0 Å². The van der Waals surface area contributed by atoms with Crippen LogP contribution in [0.15, 0.2) is 28.7 Å². The molecule has 1 aliphatic heterocycles. The summed E-state index contributed by atoms with van der Waals surface area (Å²) in [4.78, 5) is 2.33. The van der Waals surface area contributed by atoms with Crippen LogP contribution in [0.2, 0.25) is 0 Å². The van der Waals surface area contributed by atoms with E-state index < -0.39 is 0 Å². The van der Waals surface area contributed by atoms with Crippen molar-refractivity contribution in [2.45, 2.75) is 18.6 Å². The van der Waals surface area contributed by atoms with Crippen molar-refractivity contribution >= 4 is 15.9 Å². The molecule has 100 valence electrons. The van der Waals surface area contributed by atoms with Crippen molar-refractivity contribution in [1.29, 1.82) is 0 Å². The van der Waals surface area contributed by atoms with Gasteiger partial charge in [-0.05, 0) is 32.1 Å². The van der Waals surface area contributed by atoms with Crippen molar-refractivity contribution in [3.8, 4) is 0 Å². The highest BCUT2D eigenvalue weighted by atomic mass is 79.9. The molecule has 1 saturated heterocycles. The highest BCUT2D eigenvalue weighted by molar-refractivity contribution is 9.10. The number of benzene rings is 1. The first-order valence-electron chi connectivity index (χ1n) is 6.41. The van der Waals surface area contributed by atoms with Crippen molar-refractivity contribution in [1.82, 2.24) is 10.2 Å². The van der Waals surface area contributed by atoms with Gasteiger partial charge in [-0.25, -0.2) is 0 Å². The second-order valence-corrected chi connectivity index (χ2v) is 5.72. The normalized spacial score (nSPS) is 22.9. The second-order valence-electron chi connectivity index (χ2n) is 4.86. The minimum Gasteiger partial charge on any atom is -0.374 e. The van der Waals surface area contributed by atoms with Gasteiger partial charge in [-0.1, -0.05) is 34.1 Å². The van der Waals surface area contributed by atoms with Crippen LogP contribution in [-0.4, -0.2) is 50.8 Å². The third-order valence-corrected chi connectivity index (χ3v) is 4.29. The molecule has 1 aliphatic rings. The standard InChI is InChI=1S/C14H21BrN2O/c1-16-13(14-10-17(2)7-8-18-14)9-11-5-3-4-6-12(11)15/h3-6,13-14,16H,7-10H2,1-2H3. The fourth-order valence-electron chi connectivity index (χ4n) is 2.37. The van der Waals surface area contributed by atoms with Gasteiger partial charge >= 0.3 is 0 Å². The lowest BCUT2D eigenvalue weighted by Gasteiger charge is -2.35. The van der Waals surface area contributed by atoms with E-state index in [-0.39, 0.29) is 6.10 Å². The lowest BCUT2D eigenvalue weighted by atomic mass is 10.0. The fraction of sp³-hybridized carbons (Fsp3) is 0.571. The van der Waals surface area contributed by atoms with E-state index in [9.17, 15) is 0 Å². The number of nitrogens with zero attached hydrogens (tertiary/aromatic N) is 1. The molecular weight excluding hydrogens is 292 g/mol. The Morgan fingerprint density at radius 2 is 2.28 bits per heavy atom. The van der Waals surface area contributed by atoms with E-state index in [1.54, 1.807) is 0 Å². The summed E-state index contributed by atoms with van der Waals surface area (Å²) in [5.74, 6) is 0. The van der Waals surface area contributed by atoms with E-state index in [1.807, 2.05) is 13.1 Å². The van der Waals surface area contributed by atoms with Crippen LogP contribution in [0.25, 0.3) is 0 Å². The van der Waals surface area contributed by atoms with E-state index in [0.29, 0.717) is 6.04 Å². The molecule has 0 amide bonds. The molecule has 2 rings (SSSR count). The molecular formula is C14H21BrN2O. The average Bonchev–Trinajstić information content (AvgIpc) is 2.38. The monoisotopic (exact) mass is 312 g/mol. The first kappa shape index (κ1) is 14.0. The summed E-state index contributed by atoms with van der Waals surface area (Å²) in [6.45, 7) is 2.85. The van der Waals surface area contributed by atoms with Gasteiger partial charge in [-0.2, -0.15) is 0 Å². The van der Waals surface area contributed by atoms with Crippen LogP contribution >= 0.6 is 15.9 Å². The predicted octanol–water partition coefficient (Wildman–Crippen LogP) is 1.91. The van der Waals surface area contributed by atoms with Gasteiger partial charge in [0.15, 0.2) is 0 Å². The molecule has 0 aliphatic carbocycles. The highest BCUT2D eigenvalue weighted by Crippen LogP contribution is 2.20. The molecule has 1 aromatic carbocycles. The Bertz CT molecular complexity index is 386. The smallest absolute Gasteiger partial charge is 0.0858 e. The first-order chi connectivity index (χ1) is 8.70. The summed E-state index contributed by atoms with van der Waals surface area (Å²) in [7, 11) is 4.17. The zero-order chi connectivity index (χ0) is 13.0. The van der Waals surface area contributed by atoms with E-state index >= 15 is 0 Å². The molecule has 2 atom stereocenters. The van der Waals surface area contributed by atoms with Gasteiger partial charge in [0.1, 0.15) is 0 Å². The number of rotatable bonds is 4. The molecule has 18 heavy (non-hydrogen) atoms. The third kappa shape index (κ3) is 3.54. The highest BCUT2D eigenvalue weighted by Gasteiger charge is 2.26. The zero-order valence-corrected chi connectivity index (χ0v) is 12.6. The van der Waals surface area contributed by atoms with Crippen molar-refractivity contribution in [3.05, 3.63) is 34.3 Å². The molecule has 0 aromatic heterocycles. The summed E-state index contributed by atoms with van der Waals surface area (Å²) in [5, 5.41) is 3.40. The van der Waals surface area contributed by atoms with E-state index in [1.165, 1.54) is 10.0 Å². The Morgan fingerprint density at radius 3 is 2.94 bits per heavy atom. The maximum absolute atomic E-state index is 5.89. The number of nitrogens with one attached hydrogen (secondary N) is 1. The molecule has 1 fully saturated rings. The number of likely N-dealkylation sites (N-methyl/N-ethyl adjacent to an activating group) is 2. The van der Waals surface area contributed by atoms with Crippen LogP contribution in [0.3, 0.4) is 0 Å². The van der Waals surface area contributed by atoms with Crippen LogP contribution < -0.4 is 5.32 Å². The number of morpholine rings is 1. The minimum atomic E-state index is 0.265. The Balaban J connectivity index is 2.03. The average molecular weight is 313 g/mol. The predicted molar refractivity (Wildman–Crippen MR) is 77.9 cm³/mol. The molecule has 2 unspecified atom stereocenters. The molecule has 3 nitrogen and oxygen atoms in total. The Hall–Kier alpha value is -0.420. The lowest BCUT2D eigenvalue weighted by molar-refractivity contribution is -0.0372. The molecule has 1 N–H and O–H groups in total. The summed E-state index contributed by atoms with van der Waals surface area (Å²) in [5.41, 5.74) is 1.33. The minimum absolute atomic E-state index is 0.265. The Kier molecular flexibility index (Phi) is 5.18. The number of hydrogen-bond donors (Lipinski definition) is 1. The maximum Gasteiger partial charge on any atom is 0.0858 e. The topological polar surface area (TPSA) is 24.5 Å². The Morgan fingerprint density at radius 1 is 1.50 bits per heavy atom. The maximum atomic E-state index is 5.89. The molecule has 0 spiro atoms. The summed E-state index contributed by atoms with van der Waals surface area (Å²) in [6, 6.07) is 8.75. The van der Waals surface area contributed by atoms with E-state index in [4.69, 9.17) is 4.74 Å². The van der Waals surface area contributed by atoms with Gasteiger partial charge in [0.2, 0.25) is 0 Å². The first-order valence-corrected chi connectivity index (χ1v) is 7.21. The van der Waals surface area contributed by atoms with Gasteiger partial charge in [-0.3, -0.25) is 0 Å². The van der Waals surface area contributed by atoms with Crippen molar-refractivity contribution < 1.29 is 4.74 Å². The SMILES string of the molecule is CNC(Cc1ccccc1Br)C1CN(C)CCO1. The van der Waals surface area contributed by atoms with Gasteiger partial charge in [0.05, 0.1) is 12.7 Å². The van der Waals surface area contributed by atoms with Crippen molar-refractivity contribution in [2.24, 2.45) is 0 Å². The van der Waals surface area contributed by atoms with E-state index in [0.717, 1.165) is 26.1 Å². The fourth-order valence-corrected chi connectivity index (χ4v) is 2.82. The summed E-state index contributed by atoms with van der Waals surface area (Å²) in [6.07, 6.45) is 1.25. The second kappa shape index (κ2) is 6.66. The van der Waals surface area contributed by atoms with Crippen LogP contribution in [0.5, 0.6) is 0 Å². The van der Waals surface area contributed by atoms with Gasteiger partial charge in [0, 0.05) is 23.6 Å². The molecule has 0 radical (unpaired) electrons. The van der Waals surface area contributed by atoms with Crippen LogP contribution in [0.4, 0.5) is 0 Å². The lowest BCUT2D eigenvalue weighted by Crippen LogP contribution is -2.51. The van der Waals surface area contributed by atoms with Gasteiger partial charge < -0.3 is 15.0 Å². The van der Waals surface area contributed by atoms with Crippen LogP contribution in [0, 0.1) is 0 Å². The largest absolute Gasteiger partial charge is 0.374 e. The third-order valence-electron chi connectivity index (χ3n) is 3.51. The summed E-state index contributed by atoms with van der Waals surface area (Å²) < 4.78 is 7.07.